The molecule has 0 radical (unpaired) electrons. The number of amides is 1. The van der Waals surface area contributed by atoms with Crippen LogP contribution in [0.1, 0.15) is 15.9 Å². The predicted molar refractivity (Wildman–Crippen MR) is 81.1 cm³/mol. The van der Waals surface area contributed by atoms with Crippen molar-refractivity contribution in [3.8, 4) is 0 Å². The van der Waals surface area contributed by atoms with Gasteiger partial charge in [0.15, 0.2) is 0 Å². The minimum atomic E-state index is -0.608. The first kappa shape index (κ1) is 14.2. The van der Waals surface area contributed by atoms with Crippen molar-refractivity contribution in [1.82, 2.24) is 0 Å². The molecule has 0 unspecified atom stereocenters. The first-order valence-corrected chi connectivity index (χ1v) is 7.24. The zero-order chi connectivity index (χ0) is 15.1. The number of nitrogens with zero attached hydrogens (tertiary/aromatic N) is 1. The molecule has 0 N–H and O–H groups in total. The van der Waals surface area contributed by atoms with E-state index in [4.69, 9.17) is 11.6 Å². The summed E-state index contributed by atoms with van der Waals surface area (Å²) in [5.41, 5.74) is 1.47. The van der Waals surface area contributed by atoms with Crippen molar-refractivity contribution in [3.05, 3.63) is 62.8 Å². The smallest absolute Gasteiger partial charge is 0.299 e. The van der Waals surface area contributed by atoms with E-state index >= 15 is 0 Å². The zero-order valence-electron chi connectivity index (χ0n) is 10.6. The highest BCUT2D eigenvalue weighted by Crippen LogP contribution is 2.33. The number of carbonyl (C=O) groups is 2. The molecule has 1 heterocycles. The van der Waals surface area contributed by atoms with Gasteiger partial charge in [0.25, 0.3) is 11.7 Å². The number of halogens is 3. The summed E-state index contributed by atoms with van der Waals surface area (Å²) in [4.78, 5) is 25.4. The Morgan fingerprint density at radius 2 is 1.90 bits per heavy atom. The predicted octanol–water partition coefficient (Wildman–Crippen LogP) is 3.97. The molecule has 0 aliphatic carbocycles. The molecule has 21 heavy (non-hydrogen) atoms. The van der Waals surface area contributed by atoms with Crippen LogP contribution < -0.4 is 4.90 Å². The van der Waals surface area contributed by atoms with Crippen LogP contribution in [0, 0.1) is 5.82 Å². The number of benzene rings is 2. The molecule has 0 saturated carbocycles. The Bertz CT molecular complexity index is 778. The molecule has 106 valence electrons. The highest BCUT2D eigenvalue weighted by atomic mass is 79.9. The maximum absolute atomic E-state index is 13.1. The molecule has 2 aromatic rings. The first-order valence-electron chi connectivity index (χ1n) is 6.07. The molecule has 0 fully saturated rings. The Hall–Kier alpha value is -1.72. The van der Waals surface area contributed by atoms with Crippen LogP contribution in [0.15, 0.2) is 40.9 Å². The standard InChI is InChI=1S/C15H8BrClFNO2/c16-9-2-4-13-11(5-9)14(20)15(21)19(13)7-8-1-3-10(18)6-12(8)17/h1-6H,7H2. The number of hydrogen-bond acceptors (Lipinski definition) is 2. The number of hydrogen-bond donors (Lipinski definition) is 0. The summed E-state index contributed by atoms with van der Waals surface area (Å²) < 4.78 is 13.8. The van der Waals surface area contributed by atoms with E-state index in [9.17, 15) is 14.0 Å². The van der Waals surface area contributed by atoms with Crippen LogP contribution in [0.2, 0.25) is 5.02 Å². The Kier molecular flexibility index (Phi) is 3.55. The molecular weight excluding hydrogens is 361 g/mol. The number of fused-ring (bicyclic) bond motifs is 1. The fourth-order valence-corrected chi connectivity index (χ4v) is 2.84. The maximum atomic E-state index is 13.1. The van der Waals surface area contributed by atoms with Crippen molar-refractivity contribution in [2.75, 3.05) is 4.90 Å². The van der Waals surface area contributed by atoms with Gasteiger partial charge in [-0.05, 0) is 35.9 Å². The number of carbonyl (C=O) groups excluding carboxylic acids is 2. The van der Waals surface area contributed by atoms with Crippen molar-refractivity contribution in [2.24, 2.45) is 0 Å². The molecule has 1 aliphatic heterocycles. The summed E-state index contributed by atoms with van der Waals surface area (Å²) in [5.74, 6) is -1.61. The van der Waals surface area contributed by atoms with Crippen LogP contribution in [0.25, 0.3) is 0 Å². The SMILES string of the molecule is O=C1C(=O)N(Cc2ccc(F)cc2Cl)c2ccc(Br)cc21. The van der Waals surface area contributed by atoms with E-state index in [1.54, 1.807) is 18.2 Å². The van der Waals surface area contributed by atoms with Crippen molar-refractivity contribution >= 4 is 44.9 Å². The molecule has 0 aromatic heterocycles. The van der Waals surface area contributed by atoms with Gasteiger partial charge in [-0.3, -0.25) is 9.59 Å². The highest BCUT2D eigenvalue weighted by molar-refractivity contribution is 9.10. The maximum Gasteiger partial charge on any atom is 0.299 e. The molecule has 0 bridgehead atoms. The minimum Gasteiger partial charge on any atom is -0.300 e. The van der Waals surface area contributed by atoms with E-state index in [1.165, 1.54) is 23.1 Å². The van der Waals surface area contributed by atoms with Gasteiger partial charge >= 0.3 is 0 Å². The molecule has 0 atom stereocenters. The summed E-state index contributed by atoms with van der Waals surface area (Å²) in [6.45, 7) is 0.123. The normalized spacial score (nSPS) is 13.8. The molecule has 1 amide bonds. The second-order valence-corrected chi connectivity index (χ2v) is 5.94. The van der Waals surface area contributed by atoms with Gasteiger partial charge in [-0.1, -0.05) is 33.6 Å². The third-order valence-electron chi connectivity index (χ3n) is 3.28. The van der Waals surface area contributed by atoms with E-state index in [0.717, 1.165) is 4.47 Å². The summed E-state index contributed by atoms with van der Waals surface area (Å²) in [5, 5.41) is 0.223. The Morgan fingerprint density at radius 3 is 2.62 bits per heavy atom. The Balaban J connectivity index is 2.00. The van der Waals surface area contributed by atoms with Crippen molar-refractivity contribution in [3.63, 3.8) is 0 Å². The van der Waals surface area contributed by atoms with Crippen LogP contribution in [0.5, 0.6) is 0 Å². The number of Topliss-reactive ketones (excluding diaryl/α,β-unsaturated/α-hetero) is 1. The van der Waals surface area contributed by atoms with Gasteiger partial charge in [0, 0.05) is 9.50 Å². The van der Waals surface area contributed by atoms with Crippen LogP contribution in [0.4, 0.5) is 10.1 Å². The number of anilines is 1. The topological polar surface area (TPSA) is 37.4 Å². The lowest BCUT2D eigenvalue weighted by Crippen LogP contribution is -2.29. The highest BCUT2D eigenvalue weighted by Gasteiger charge is 2.36. The van der Waals surface area contributed by atoms with Crippen molar-refractivity contribution < 1.29 is 14.0 Å². The summed E-state index contributed by atoms with van der Waals surface area (Å²) in [6.07, 6.45) is 0. The molecular formula is C15H8BrClFNO2. The van der Waals surface area contributed by atoms with Gasteiger partial charge < -0.3 is 4.90 Å². The molecule has 0 saturated heterocycles. The van der Waals surface area contributed by atoms with Crippen molar-refractivity contribution in [2.45, 2.75) is 6.54 Å². The van der Waals surface area contributed by atoms with Gasteiger partial charge in [-0.25, -0.2) is 4.39 Å². The summed E-state index contributed by atoms with van der Waals surface area (Å²) >= 11 is 9.25. The van der Waals surface area contributed by atoms with Gasteiger partial charge in [0.05, 0.1) is 17.8 Å². The minimum absolute atomic E-state index is 0.123. The van der Waals surface area contributed by atoms with Crippen LogP contribution >= 0.6 is 27.5 Å². The average molecular weight is 369 g/mol. The summed E-state index contributed by atoms with van der Waals surface area (Å²) in [6, 6.07) is 9.02. The quantitative estimate of drug-likeness (QED) is 0.752. The van der Waals surface area contributed by atoms with E-state index in [2.05, 4.69) is 15.9 Å². The third-order valence-corrected chi connectivity index (χ3v) is 4.12. The van der Waals surface area contributed by atoms with Crippen molar-refractivity contribution in [1.29, 1.82) is 0 Å². The molecule has 0 spiro atoms. The Morgan fingerprint density at radius 1 is 1.14 bits per heavy atom. The van der Waals surface area contributed by atoms with Crippen LogP contribution in [-0.2, 0) is 11.3 Å². The molecule has 1 aliphatic rings. The van der Waals surface area contributed by atoms with E-state index < -0.39 is 17.5 Å². The second kappa shape index (κ2) is 5.24. The second-order valence-electron chi connectivity index (χ2n) is 4.62. The number of rotatable bonds is 2. The molecule has 3 rings (SSSR count). The van der Waals surface area contributed by atoms with E-state index in [0.29, 0.717) is 16.8 Å². The summed E-state index contributed by atoms with van der Waals surface area (Å²) in [7, 11) is 0. The fraction of sp³-hybridized carbons (Fsp3) is 0.0667. The monoisotopic (exact) mass is 367 g/mol. The lowest BCUT2D eigenvalue weighted by atomic mass is 10.1. The molecule has 2 aromatic carbocycles. The largest absolute Gasteiger partial charge is 0.300 e. The van der Waals surface area contributed by atoms with E-state index in [1.807, 2.05) is 0 Å². The number of ketones is 1. The third kappa shape index (κ3) is 2.47. The van der Waals surface area contributed by atoms with Gasteiger partial charge in [-0.2, -0.15) is 0 Å². The molecule has 3 nitrogen and oxygen atoms in total. The van der Waals surface area contributed by atoms with Crippen LogP contribution in [-0.4, -0.2) is 11.7 Å². The van der Waals surface area contributed by atoms with Crippen LogP contribution in [0.3, 0.4) is 0 Å². The first-order chi connectivity index (χ1) is 9.97. The lowest BCUT2D eigenvalue weighted by Gasteiger charge is -2.17. The van der Waals surface area contributed by atoms with Gasteiger partial charge in [0.1, 0.15) is 5.82 Å². The van der Waals surface area contributed by atoms with Gasteiger partial charge in [-0.15, -0.1) is 0 Å². The van der Waals surface area contributed by atoms with Gasteiger partial charge in [0.2, 0.25) is 0 Å². The van der Waals surface area contributed by atoms with E-state index in [-0.39, 0.29) is 11.6 Å². The lowest BCUT2D eigenvalue weighted by molar-refractivity contribution is -0.114. The molecule has 6 heteroatoms. The average Bonchev–Trinajstić information content (AvgIpc) is 2.66. The fourth-order valence-electron chi connectivity index (χ4n) is 2.25. The Labute approximate surface area is 133 Å². The zero-order valence-corrected chi connectivity index (χ0v) is 12.9.